The SMILES string of the molecule is COC(=O)C1=C(C(=O)OC)[C@]2(COCc3ccccc3)C=C[C@@]1(OP(=O)(Oc1ccccc1)Oc1ccccc1)O2. The van der Waals surface area contributed by atoms with E-state index >= 15 is 0 Å². The van der Waals surface area contributed by atoms with Crippen LogP contribution in [0.15, 0.2) is 114 Å². The number of rotatable bonds is 12. The molecule has 41 heavy (non-hydrogen) atoms. The van der Waals surface area contributed by atoms with Crippen LogP contribution in [-0.2, 0) is 44.2 Å². The van der Waals surface area contributed by atoms with E-state index in [9.17, 15) is 14.2 Å². The molecule has 11 heteroatoms. The summed E-state index contributed by atoms with van der Waals surface area (Å²) in [6.07, 6.45) is 2.85. The van der Waals surface area contributed by atoms with Gasteiger partial charge in [0, 0.05) is 0 Å². The molecule has 2 atom stereocenters. The van der Waals surface area contributed by atoms with Crippen LogP contribution in [0.1, 0.15) is 5.56 Å². The summed E-state index contributed by atoms with van der Waals surface area (Å²) in [6.45, 7) is -0.0276. The van der Waals surface area contributed by atoms with Gasteiger partial charge in [-0.1, -0.05) is 66.7 Å². The molecule has 2 heterocycles. The highest BCUT2D eigenvalue weighted by Crippen LogP contribution is 2.60. The van der Waals surface area contributed by atoms with E-state index in [0.29, 0.717) is 0 Å². The molecule has 0 fully saturated rings. The number of para-hydroxylation sites is 2. The van der Waals surface area contributed by atoms with Crippen molar-refractivity contribution in [2.45, 2.75) is 18.0 Å². The molecule has 0 saturated carbocycles. The summed E-state index contributed by atoms with van der Waals surface area (Å²) in [6, 6.07) is 25.8. The minimum atomic E-state index is -4.63. The molecule has 0 spiro atoms. The minimum Gasteiger partial charge on any atom is -0.466 e. The topological polar surface area (TPSA) is 116 Å². The number of carbonyl (C=O) groups excluding carboxylic acids is 2. The number of esters is 2. The fraction of sp³-hybridized carbons (Fsp3) is 0.200. The van der Waals surface area contributed by atoms with Crippen LogP contribution >= 0.6 is 7.82 Å². The Morgan fingerprint density at radius 3 is 1.78 bits per heavy atom. The van der Waals surface area contributed by atoms with Gasteiger partial charge in [-0.3, -0.25) is 0 Å². The first kappa shape index (κ1) is 28.3. The van der Waals surface area contributed by atoms with Gasteiger partial charge >= 0.3 is 19.8 Å². The molecule has 2 aliphatic heterocycles. The molecule has 0 saturated heterocycles. The molecule has 0 radical (unpaired) electrons. The number of fused-ring (bicyclic) bond motifs is 2. The van der Waals surface area contributed by atoms with Crippen molar-refractivity contribution in [3.63, 3.8) is 0 Å². The van der Waals surface area contributed by atoms with Gasteiger partial charge in [-0.15, -0.1) is 0 Å². The van der Waals surface area contributed by atoms with Crippen molar-refractivity contribution in [2.75, 3.05) is 20.8 Å². The highest BCUT2D eigenvalue weighted by molar-refractivity contribution is 7.49. The maximum absolute atomic E-state index is 14.3. The fourth-order valence-electron chi connectivity index (χ4n) is 4.54. The normalized spacial score (nSPS) is 21.0. The zero-order valence-electron chi connectivity index (χ0n) is 22.3. The highest BCUT2D eigenvalue weighted by Gasteiger charge is 2.66. The number of ether oxygens (including phenoxy) is 4. The van der Waals surface area contributed by atoms with Gasteiger partial charge in [-0.05, 0) is 42.0 Å². The molecular weight excluding hydrogens is 551 g/mol. The average Bonchev–Trinajstić information content (AvgIpc) is 3.48. The van der Waals surface area contributed by atoms with Gasteiger partial charge in [0.25, 0.3) is 0 Å². The van der Waals surface area contributed by atoms with E-state index in [2.05, 4.69) is 0 Å². The molecule has 2 bridgehead atoms. The summed E-state index contributed by atoms with van der Waals surface area (Å²) in [5, 5.41) is 0. The molecule has 212 valence electrons. The quantitative estimate of drug-likeness (QED) is 0.162. The summed E-state index contributed by atoms with van der Waals surface area (Å²) in [7, 11) is -2.34. The number of hydrogen-bond acceptors (Lipinski definition) is 10. The van der Waals surface area contributed by atoms with Crippen LogP contribution < -0.4 is 9.05 Å². The van der Waals surface area contributed by atoms with Crippen molar-refractivity contribution in [1.82, 2.24) is 0 Å². The van der Waals surface area contributed by atoms with Crippen molar-refractivity contribution in [3.05, 3.63) is 120 Å². The standard InChI is InChI=1S/C30H27O10P/c1-34-27(31)25-26(28(32)35-2)30(19-18-29(25,39-30)21-36-20-22-12-6-3-7-13-22)40-41(33,37-23-14-8-4-9-15-23)38-24-16-10-5-11-17-24/h3-19H,20-21H2,1-2H3/t29-,30+/m1/s1. The van der Waals surface area contributed by atoms with Crippen LogP contribution in [0.3, 0.4) is 0 Å². The average molecular weight is 579 g/mol. The third-order valence-electron chi connectivity index (χ3n) is 6.30. The summed E-state index contributed by atoms with van der Waals surface area (Å²) in [4.78, 5) is 26.3. The third-order valence-corrected chi connectivity index (χ3v) is 7.67. The van der Waals surface area contributed by atoms with Gasteiger partial charge in [-0.25, -0.2) is 18.7 Å². The Bertz CT molecular complexity index is 1460. The zero-order valence-corrected chi connectivity index (χ0v) is 23.2. The second-order valence-corrected chi connectivity index (χ2v) is 10.5. The molecule has 3 aromatic carbocycles. The van der Waals surface area contributed by atoms with E-state index in [1.807, 2.05) is 30.3 Å². The Hall–Kier alpha value is -4.21. The maximum atomic E-state index is 14.3. The van der Waals surface area contributed by atoms with Crippen molar-refractivity contribution >= 4 is 19.8 Å². The number of hydrogen-bond donors (Lipinski definition) is 0. The zero-order chi connectivity index (χ0) is 28.9. The second kappa shape index (κ2) is 11.7. The van der Waals surface area contributed by atoms with Gasteiger partial charge in [-0.2, -0.15) is 0 Å². The molecule has 0 unspecified atom stereocenters. The minimum absolute atomic E-state index is 0.164. The van der Waals surface area contributed by atoms with Gasteiger partial charge in [0.1, 0.15) is 22.7 Å². The number of methoxy groups -OCH3 is 2. The van der Waals surface area contributed by atoms with E-state index in [0.717, 1.165) is 19.8 Å². The lowest BCUT2D eigenvalue weighted by atomic mass is 9.86. The molecule has 0 N–H and O–H groups in total. The first-order valence-electron chi connectivity index (χ1n) is 12.6. The molecule has 0 aliphatic carbocycles. The van der Waals surface area contributed by atoms with Crippen molar-refractivity contribution in [1.29, 1.82) is 0 Å². The Kier molecular flexibility index (Phi) is 8.10. The van der Waals surface area contributed by atoms with Crippen molar-refractivity contribution in [2.24, 2.45) is 0 Å². The van der Waals surface area contributed by atoms with Crippen LogP contribution in [0.2, 0.25) is 0 Å². The summed E-state index contributed by atoms with van der Waals surface area (Å²) < 4.78 is 54.0. The number of carbonyl (C=O) groups is 2. The Morgan fingerprint density at radius 2 is 1.24 bits per heavy atom. The van der Waals surface area contributed by atoms with E-state index in [1.165, 1.54) is 12.2 Å². The van der Waals surface area contributed by atoms with E-state index in [-0.39, 0.29) is 35.9 Å². The Labute approximate surface area is 236 Å². The summed E-state index contributed by atoms with van der Waals surface area (Å²) in [5.74, 6) is -3.72. The summed E-state index contributed by atoms with van der Waals surface area (Å²) >= 11 is 0. The maximum Gasteiger partial charge on any atom is 0.590 e. The second-order valence-electron chi connectivity index (χ2n) is 9.05. The van der Waals surface area contributed by atoms with Crippen LogP contribution in [0.5, 0.6) is 11.5 Å². The van der Waals surface area contributed by atoms with E-state index in [4.69, 9.17) is 32.5 Å². The van der Waals surface area contributed by atoms with Gasteiger partial charge in [0.2, 0.25) is 5.79 Å². The van der Waals surface area contributed by atoms with Crippen molar-refractivity contribution in [3.8, 4) is 11.5 Å². The van der Waals surface area contributed by atoms with Crippen LogP contribution in [0.4, 0.5) is 0 Å². The van der Waals surface area contributed by atoms with Crippen molar-refractivity contribution < 1.29 is 46.7 Å². The first-order valence-corrected chi connectivity index (χ1v) is 14.0. The highest BCUT2D eigenvalue weighted by atomic mass is 31.2. The van der Waals surface area contributed by atoms with Gasteiger partial charge in [0.15, 0.2) is 0 Å². The van der Waals surface area contributed by atoms with Gasteiger partial charge in [0.05, 0.1) is 33.0 Å². The number of benzene rings is 3. The Balaban J connectivity index is 1.53. The molecular formula is C30H27O10P. The predicted octanol–water partition coefficient (Wildman–Crippen LogP) is 5.16. The first-order chi connectivity index (χ1) is 19.8. The van der Waals surface area contributed by atoms with Gasteiger partial charge < -0.3 is 28.0 Å². The number of phosphoric ester groups is 1. The number of phosphoric acid groups is 1. The van der Waals surface area contributed by atoms with Crippen LogP contribution in [0, 0.1) is 0 Å². The van der Waals surface area contributed by atoms with Crippen LogP contribution in [0.25, 0.3) is 0 Å². The molecule has 0 aromatic heterocycles. The van der Waals surface area contributed by atoms with E-state index < -0.39 is 31.1 Å². The Morgan fingerprint density at radius 1 is 0.732 bits per heavy atom. The predicted molar refractivity (Wildman–Crippen MR) is 146 cm³/mol. The van der Waals surface area contributed by atoms with E-state index in [1.54, 1.807) is 60.7 Å². The molecule has 10 nitrogen and oxygen atoms in total. The monoisotopic (exact) mass is 578 g/mol. The molecule has 0 amide bonds. The smallest absolute Gasteiger partial charge is 0.466 e. The molecule has 5 rings (SSSR count). The molecule has 2 aliphatic rings. The largest absolute Gasteiger partial charge is 0.590 e. The lowest BCUT2D eigenvalue weighted by Crippen LogP contribution is -2.38. The lowest BCUT2D eigenvalue weighted by molar-refractivity contribution is -0.169. The molecule has 3 aromatic rings. The van der Waals surface area contributed by atoms with Crippen LogP contribution in [-0.4, -0.2) is 44.2 Å². The fourth-order valence-corrected chi connectivity index (χ4v) is 5.94. The summed E-state index contributed by atoms with van der Waals surface area (Å²) in [5.41, 5.74) is -1.34. The third kappa shape index (κ3) is 5.82. The lowest BCUT2D eigenvalue weighted by Gasteiger charge is -2.30.